The Hall–Kier alpha value is -1.36. The predicted molar refractivity (Wildman–Crippen MR) is 68.3 cm³/mol. The van der Waals surface area contributed by atoms with E-state index < -0.39 is 0 Å². The highest BCUT2D eigenvalue weighted by Crippen LogP contribution is 2.29. The maximum absolute atomic E-state index is 12.4. The summed E-state index contributed by atoms with van der Waals surface area (Å²) in [5, 5.41) is 6.59. The maximum atomic E-state index is 12.4. The molecule has 2 unspecified atom stereocenters. The van der Waals surface area contributed by atoms with E-state index in [9.17, 15) is 4.79 Å². The van der Waals surface area contributed by atoms with Gasteiger partial charge in [0.25, 0.3) is 5.91 Å². The van der Waals surface area contributed by atoms with Gasteiger partial charge in [0.15, 0.2) is 0 Å². The lowest BCUT2D eigenvalue weighted by molar-refractivity contribution is 0.0596. The highest BCUT2D eigenvalue weighted by Gasteiger charge is 2.30. The SMILES string of the molecule is COCCN(C(=O)c1ccn[nH]1)C1CCC(C)C1. The van der Waals surface area contributed by atoms with Gasteiger partial charge in [-0.15, -0.1) is 0 Å². The van der Waals surface area contributed by atoms with Crippen molar-refractivity contribution in [3.05, 3.63) is 18.0 Å². The lowest BCUT2D eigenvalue weighted by Gasteiger charge is -2.28. The second-order valence-corrected chi connectivity index (χ2v) is 5.03. The van der Waals surface area contributed by atoms with Gasteiger partial charge in [-0.3, -0.25) is 9.89 Å². The van der Waals surface area contributed by atoms with Crippen LogP contribution in [0.2, 0.25) is 0 Å². The van der Waals surface area contributed by atoms with Crippen molar-refractivity contribution in [1.82, 2.24) is 15.1 Å². The van der Waals surface area contributed by atoms with Crippen LogP contribution in [0.3, 0.4) is 0 Å². The predicted octanol–water partition coefficient (Wildman–Crippen LogP) is 1.69. The third-order valence-corrected chi connectivity index (χ3v) is 3.64. The smallest absolute Gasteiger partial charge is 0.272 e. The molecule has 1 N–H and O–H groups in total. The third-order valence-electron chi connectivity index (χ3n) is 3.64. The van der Waals surface area contributed by atoms with Crippen LogP contribution in [0, 0.1) is 5.92 Å². The zero-order valence-corrected chi connectivity index (χ0v) is 11.1. The summed E-state index contributed by atoms with van der Waals surface area (Å²) in [5.41, 5.74) is 0.561. The first kappa shape index (κ1) is 13.1. The van der Waals surface area contributed by atoms with E-state index in [0.717, 1.165) is 12.8 Å². The summed E-state index contributed by atoms with van der Waals surface area (Å²) in [4.78, 5) is 14.3. The Morgan fingerprint density at radius 3 is 3.00 bits per heavy atom. The molecule has 1 fully saturated rings. The van der Waals surface area contributed by atoms with Crippen molar-refractivity contribution in [2.45, 2.75) is 32.2 Å². The molecule has 1 aromatic heterocycles. The summed E-state index contributed by atoms with van der Waals surface area (Å²) in [7, 11) is 1.66. The quantitative estimate of drug-likeness (QED) is 0.866. The molecule has 1 amide bonds. The van der Waals surface area contributed by atoms with Gasteiger partial charge in [-0.2, -0.15) is 5.10 Å². The number of aromatic amines is 1. The van der Waals surface area contributed by atoms with E-state index in [4.69, 9.17) is 4.74 Å². The number of hydrogen-bond acceptors (Lipinski definition) is 3. The van der Waals surface area contributed by atoms with Gasteiger partial charge in [0.2, 0.25) is 0 Å². The number of carbonyl (C=O) groups is 1. The minimum atomic E-state index is 0.0312. The number of nitrogens with one attached hydrogen (secondary N) is 1. The van der Waals surface area contributed by atoms with Gasteiger partial charge in [-0.1, -0.05) is 6.92 Å². The van der Waals surface area contributed by atoms with E-state index in [1.807, 2.05) is 4.90 Å². The summed E-state index contributed by atoms with van der Waals surface area (Å²) in [5.74, 6) is 0.735. The van der Waals surface area contributed by atoms with Gasteiger partial charge in [-0.05, 0) is 31.2 Å². The number of carbonyl (C=O) groups excluding carboxylic acids is 1. The molecule has 2 atom stereocenters. The van der Waals surface area contributed by atoms with Crippen molar-refractivity contribution >= 4 is 5.91 Å². The van der Waals surface area contributed by atoms with Crippen LogP contribution in [0.25, 0.3) is 0 Å². The van der Waals surface area contributed by atoms with E-state index >= 15 is 0 Å². The van der Waals surface area contributed by atoms with Gasteiger partial charge < -0.3 is 9.64 Å². The van der Waals surface area contributed by atoms with E-state index in [1.165, 1.54) is 6.42 Å². The fourth-order valence-corrected chi connectivity index (χ4v) is 2.63. The first-order valence-corrected chi connectivity index (χ1v) is 6.51. The monoisotopic (exact) mass is 251 g/mol. The summed E-state index contributed by atoms with van der Waals surface area (Å²) >= 11 is 0. The summed E-state index contributed by atoms with van der Waals surface area (Å²) in [6, 6.07) is 2.06. The van der Waals surface area contributed by atoms with Crippen molar-refractivity contribution in [1.29, 1.82) is 0 Å². The molecule has 0 spiro atoms. The normalized spacial score (nSPS) is 23.2. The Bertz CT molecular complexity index is 378. The van der Waals surface area contributed by atoms with E-state index in [0.29, 0.717) is 30.8 Å². The maximum Gasteiger partial charge on any atom is 0.272 e. The fraction of sp³-hybridized carbons (Fsp3) is 0.692. The first-order valence-electron chi connectivity index (χ1n) is 6.51. The molecule has 2 rings (SSSR count). The van der Waals surface area contributed by atoms with Crippen LogP contribution in [0.1, 0.15) is 36.7 Å². The Kier molecular flexibility index (Phi) is 4.36. The van der Waals surface area contributed by atoms with Gasteiger partial charge in [0, 0.05) is 25.9 Å². The number of methoxy groups -OCH3 is 1. The van der Waals surface area contributed by atoms with E-state index in [-0.39, 0.29) is 5.91 Å². The molecule has 1 aromatic rings. The molecule has 0 saturated heterocycles. The second-order valence-electron chi connectivity index (χ2n) is 5.03. The topological polar surface area (TPSA) is 58.2 Å². The lowest BCUT2D eigenvalue weighted by Crippen LogP contribution is -2.41. The Morgan fingerprint density at radius 2 is 2.44 bits per heavy atom. The molecular weight excluding hydrogens is 230 g/mol. The molecule has 1 aliphatic rings. The Morgan fingerprint density at radius 1 is 1.61 bits per heavy atom. The largest absolute Gasteiger partial charge is 0.383 e. The van der Waals surface area contributed by atoms with E-state index in [1.54, 1.807) is 19.4 Å². The Labute approximate surface area is 108 Å². The summed E-state index contributed by atoms with van der Waals surface area (Å²) in [6.07, 6.45) is 4.98. The number of hydrogen-bond donors (Lipinski definition) is 1. The second kappa shape index (κ2) is 6.00. The molecular formula is C13H21N3O2. The highest BCUT2D eigenvalue weighted by molar-refractivity contribution is 5.92. The molecule has 1 aliphatic carbocycles. The van der Waals surface area contributed by atoms with Crippen LogP contribution in [0.4, 0.5) is 0 Å². The van der Waals surface area contributed by atoms with Crippen LogP contribution in [0.5, 0.6) is 0 Å². The van der Waals surface area contributed by atoms with Gasteiger partial charge in [-0.25, -0.2) is 0 Å². The number of rotatable bonds is 5. The van der Waals surface area contributed by atoms with Gasteiger partial charge >= 0.3 is 0 Å². The number of amides is 1. The molecule has 5 heteroatoms. The van der Waals surface area contributed by atoms with Crippen LogP contribution in [0.15, 0.2) is 12.3 Å². The zero-order chi connectivity index (χ0) is 13.0. The molecule has 5 nitrogen and oxygen atoms in total. The molecule has 0 aromatic carbocycles. The van der Waals surface area contributed by atoms with Gasteiger partial charge in [0.1, 0.15) is 5.69 Å². The summed E-state index contributed by atoms with van der Waals surface area (Å²) in [6.45, 7) is 3.46. The van der Waals surface area contributed by atoms with E-state index in [2.05, 4.69) is 17.1 Å². The van der Waals surface area contributed by atoms with Crippen molar-refractivity contribution in [2.75, 3.05) is 20.3 Å². The van der Waals surface area contributed by atoms with Crippen molar-refractivity contribution < 1.29 is 9.53 Å². The fourth-order valence-electron chi connectivity index (χ4n) is 2.63. The highest BCUT2D eigenvalue weighted by atomic mass is 16.5. The number of nitrogens with zero attached hydrogens (tertiary/aromatic N) is 2. The van der Waals surface area contributed by atoms with Gasteiger partial charge in [0.05, 0.1) is 6.61 Å². The molecule has 1 heterocycles. The van der Waals surface area contributed by atoms with Crippen molar-refractivity contribution in [3.8, 4) is 0 Å². The number of aromatic nitrogens is 2. The average Bonchev–Trinajstić information content (AvgIpc) is 3.00. The van der Waals surface area contributed by atoms with Crippen LogP contribution in [-0.4, -0.2) is 47.3 Å². The van der Waals surface area contributed by atoms with Crippen molar-refractivity contribution in [3.63, 3.8) is 0 Å². The standard InChI is InChI=1S/C13H21N3O2/c1-10-3-4-11(9-10)16(7-8-18-2)13(17)12-5-6-14-15-12/h5-6,10-11H,3-4,7-9H2,1-2H3,(H,14,15). The van der Waals surface area contributed by atoms with Crippen LogP contribution in [-0.2, 0) is 4.74 Å². The van der Waals surface area contributed by atoms with Crippen LogP contribution < -0.4 is 0 Å². The molecule has 0 radical (unpaired) electrons. The minimum Gasteiger partial charge on any atom is -0.383 e. The average molecular weight is 251 g/mol. The number of H-pyrrole nitrogens is 1. The summed E-state index contributed by atoms with van der Waals surface area (Å²) < 4.78 is 5.11. The molecule has 1 saturated carbocycles. The zero-order valence-electron chi connectivity index (χ0n) is 11.1. The first-order chi connectivity index (χ1) is 8.72. The number of ether oxygens (including phenoxy) is 1. The molecule has 0 bridgehead atoms. The Balaban J connectivity index is 2.07. The molecule has 18 heavy (non-hydrogen) atoms. The van der Waals surface area contributed by atoms with Crippen molar-refractivity contribution in [2.24, 2.45) is 5.92 Å². The third kappa shape index (κ3) is 2.90. The molecule has 0 aliphatic heterocycles. The lowest BCUT2D eigenvalue weighted by atomic mass is 10.1. The minimum absolute atomic E-state index is 0.0312. The van der Waals surface area contributed by atoms with Crippen LogP contribution >= 0.6 is 0 Å². The molecule has 100 valence electrons.